The Bertz CT molecular complexity index is 973. The predicted molar refractivity (Wildman–Crippen MR) is 105 cm³/mol. The number of likely N-dealkylation sites (tertiary alicyclic amines) is 1. The van der Waals surface area contributed by atoms with Crippen molar-refractivity contribution in [3.05, 3.63) is 35.2 Å². The van der Waals surface area contributed by atoms with Gasteiger partial charge in [-0.15, -0.1) is 13.2 Å². The summed E-state index contributed by atoms with van der Waals surface area (Å²) in [5.41, 5.74) is 1.90. The number of hydrogen-bond acceptors (Lipinski definition) is 6. The third-order valence-corrected chi connectivity index (χ3v) is 6.64. The SMILES string of the molecule is Cc1cc(C(=O)O)nn1Cc1cc(OC(F)(F)F)cc2c1N(C)C(N1CCCC1)S2. The van der Waals surface area contributed by atoms with Crippen molar-refractivity contribution in [1.29, 1.82) is 0 Å². The van der Waals surface area contributed by atoms with E-state index in [0.29, 0.717) is 16.2 Å². The lowest BCUT2D eigenvalue weighted by Gasteiger charge is -2.30. The van der Waals surface area contributed by atoms with Gasteiger partial charge in [0.05, 0.1) is 12.2 Å². The molecule has 7 nitrogen and oxygen atoms in total. The first-order chi connectivity index (χ1) is 14.1. The fourth-order valence-corrected chi connectivity index (χ4v) is 5.38. The van der Waals surface area contributed by atoms with Crippen molar-refractivity contribution in [3.63, 3.8) is 0 Å². The number of benzene rings is 1. The zero-order valence-electron chi connectivity index (χ0n) is 16.4. The Kier molecular flexibility index (Phi) is 5.35. The molecule has 1 unspecified atom stereocenters. The van der Waals surface area contributed by atoms with Gasteiger partial charge in [-0.05, 0) is 38.0 Å². The molecule has 1 fully saturated rings. The van der Waals surface area contributed by atoms with Gasteiger partial charge >= 0.3 is 12.3 Å². The van der Waals surface area contributed by atoms with Gasteiger partial charge in [0.15, 0.2) is 5.69 Å². The Labute approximate surface area is 175 Å². The van der Waals surface area contributed by atoms with Gasteiger partial charge in [0.25, 0.3) is 0 Å². The summed E-state index contributed by atoms with van der Waals surface area (Å²) in [6.07, 6.45) is -2.60. The van der Waals surface area contributed by atoms with Gasteiger partial charge < -0.3 is 14.7 Å². The highest BCUT2D eigenvalue weighted by molar-refractivity contribution is 8.00. The number of anilines is 1. The number of rotatable bonds is 5. The second-order valence-electron chi connectivity index (χ2n) is 7.41. The van der Waals surface area contributed by atoms with Crippen molar-refractivity contribution in [2.75, 3.05) is 25.0 Å². The highest BCUT2D eigenvalue weighted by atomic mass is 32.2. The summed E-state index contributed by atoms with van der Waals surface area (Å²) < 4.78 is 44.3. The average molecular weight is 442 g/mol. The lowest BCUT2D eigenvalue weighted by atomic mass is 10.1. The maximum absolute atomic E-state index is 12.9. The standard InChI is InChI=1S/C19H21F3N4O3S/c1-11-7-14(17(27)28)23-26(11)10-12-8-13(29-19(20,21)22)9-15-16(12)24(2)18(30-15)25-5-3-4-6-25/h7-9,18H,3-6,10H2,1-2H3,(H,27,28). The van der Waals surface area contributed by atoms with E-state index in [1.165, 1.54) is 34.6 Å². The van der Waals surface area contributed by atoms with E-state index >= 15 is 0 Å². The fourth-order valence-electron chi connectivity index (χ4n) is 3.96. The molecule has 1 saturated heterocycles. The number of carboxylic acids is 1. The van der Waals surface area contributed by atoms with Crippen molar-refractivity contribution in [2.24, 2.45) is 0 Å². The number of carbonyl (C=O) groups is 1. The molecule has 0 radical (unpaired) electrons. The monoisotopic (exact) mass is 442 g/mol. The van der Waals surface area contributed by atoms with Crippen LogP contribution in [0.1, 0.15) is 34.6 Å². The summed E-state index contributed by atoms with van der Waals surface area (Å²) in [6, 6.07) is 4.21. The van der Waals surface area contributed by atoms with Gasteiger partial charge in [0, 0.05) is 36.3 Å². The Hall–Kier alpha value is -2.40. The molecule has 0 bridgehead atoms. The van der Waals surface area contributed by atoms with Gasteiger partial charge in [0.1, 0.15) is 11.2 Å². The summed E-state index contributed by atoms with van der Waals surface area (Å²) in [7, 11) is 1.92. The minimum atomic E-state index is -4.80. The molecule has 0 saturated carbocycles. The number of ether oxygens (including phenoxy) is 1. The van der Waals surface area contributed by atoms with Crippen molar-refractivity contribution in [2.45, 2.75) is 43.1 Å². The third-order valence-electron chi connectivity index (χ3n) is 5.25. The minimum Gasteiger partial charge on any atom is -0.476 e. The molecule has 0 aliphatic carbocycles. The minimum absolute atomic E-state index is 0.00399. The zero-order chi connectivity index (χ0) is 21.6. The lowest BCUT2D eigenvalue weighted by molar-refractivity contribution is -0.274. The van der Waals surface area contributed by atoms with Crippen LogP contribution in [0.2, 0.25) is 0 Å². The van der Waals surface area contributed by atoms with E-state index in [1.54, 1.807) is 6.92 Å². The van der Waals surface area contributed by atoms with Crippen LogP contribution in [0.25, 0.3) is 0 Å². The Morgan fingerprint density at radius 1 is 1.30 bits per heavy atom. The Balaban J connectivity index is 1.72. The number of halogens is 3. The number of fused-ring (bicyclic) bond motifs is 1. The maximum atomic E-state index is 12.9. The van der Waals surface area contributed by atoms with Gasteiger partial charge in [-0.25, -0.2) is 4.79 Å². The molecule has 2 aromatic rings. The summed E-state index contributed by atoms with van der Waals surface area (Å²) in [5, 5.41) is 13.2. The molecule has 30 heavy (non-hydrogen) atoms. The number of carboxylic acid groups (broad SMARTS) is 1. The molecule has 1 aromatic heterocycles. The molecule has 0 spiro atoms. The molecule has 1 atom stereocenters. The molecule has 2 aliphatic heterocycles. The van der Waals surface area contributed by atoms with Crippen LogP contribution < -0.4 is 9.64 Å². The molecule has 1 N–H and O–H groups in total. The molecular formula is C19H21F3N4O3S. The van der Waals surface area contributed by atoms with Crippen LogP contribution in [0.5, 0.6) is 5.75 Å². The molecule has 0 amide bonds. The highest BCUT2D eigenvalue weighted by Crippen LogP contribution is 2.48. The largest absolute Gasteiger partial charge is 0.573 e. The predicted octanol–water partition coefficient (Wildman–Crippen LogP) is 3.76. The van der Waals surface area contributed by atoms with Gasteiger partial charge in [-0.3, -0.25) is 9.58 Å². The van der Waals surface area contributed by atoms with Crippen molar-refractivity contribution in [3.8, 4) is 5.75 Å². The number of thioether (sulfide) groups is 1. The smallest absolute Gasteiger partial charge is 0.476 e. The summed E-state index contributed by atoms with van der Waals surface area (Å²) >= 11 is 1.50. The molecule has 162 valence electrons. The molecule has 11 heteroatoms. The first-order valence-corrected chi connectivity index (χ1v) is 10.3. The number of aromatic nitrogens is 2. The number of alkyl halides is 3. The zero-order valence-corrected chi connectivity index (χ0v) is 17.3. The maximum Gasteiger partial charge on any atom is 0.573 e. The van der Waals surface area contributed by atoms with E-state index in [-0.39, 0.29) is 23.5 Å². The fraction of sp³-hybridized carbons (Fsp3) is 0.474. The van der Waals surface area contributed by atoms with Crippen molar-refractivity contribution >= 4 is 23.4 Å². The molecule has 1 aromatic carbocycles. The van der Waals surface area contributed by atoms with E-state index in [1.807, 2.05) is 7.05 Å². The normalized spacial score (nSPS) is 19.4. The van der Waals surface area contributed by atoms with Crippen LogP contribution >= 0.6 is 11.8 Å². The number of nitrogens with zero attached hydrogens (tertiary/aromatic N) is 4. The number of aromatic carboxylic acids is 1. The second kappa shape index (κ2) is 7.69. The van der Waals surface area contributed by atoms with Crippen molar-refractivity contribution in [1.82, 2.24) is 14.7 Å². The van der Waals surface area contributed by atoms with Crippen LogP contribution in [0.3, 0.4) is 0 Å². The van der Waals surface area contributed by atoms with Crippen LogP contribution in [0.15, 0.2) is 23.1 Å². The van der Waals surface area contributed by atoms with Gasteiger partial charge in [-0.1, -0.05) is 11.8 Å². The van der Waals surface area contributed by atoms with E-state index in [9.17, 15) is 23.1 Å². The average Bonchev–Trinajstić information content (AvgIpc) is 3.34. The first-order valence-electron chi connectivity index (χ1n) is 9.46. The van der Waals surface area contributed by atoms with E-state index in [2.05, 4.69) is 19.6 Å². The van der Waals surface area contributed by atoms with Crippen molar-refractivity contribution < 1.29 is 27.8 Å². The number of hydrogen-bond donors (Lipinski definition) is 1. The highest BCUT2D eigenvalue weighted by Gasteiger charge is 2.37. The molecular weight excluding hydrogens is 421 g/mol. The van der Waals surface area contributed by atoms with Crippen LogP contribution in [0, 0.1) is 6.92 Å². The molecule has 2 aliphatic rings. The lowest BCUT2D eigenvalue weighted by Crippen LogP contribution is -2.40. The van der Waals surface area contributed by atoms with Crippen LogP contribution in [-0.2, 0) is 6.54 Å². The Morgan fingerprint density at radius 3 is 2.60 bits per heavy atom. The topological polar surface area (TPSA) is 70.8 Å². The van der Waals surface area contributed by atoms with Crippen LogP contribution in [0.4, 0.5) is 18.9 Å². The summed E-state index contributed by atoms with van der Waals surface area (Å²) in [5.74, 6) is -1.44. The van der Waals surface area contributed by atoms with Gasteiger partial charge in [0.2, 0.25) is 0 Å². The summed E-state index contributed by atoms with van der Waals surface area (Å²) in [4.78, 5) is 16.3. The Morgan fingerprint density at radius 2 is 2.00 bits per heavy atom. The number of aryl methyl sites for hydroxylation is 1. The summed E-state index contributed by atoms with van der Waals surface area (Å²) in [6.45, 7) is 3.73. The molecule has 3 heterocycles. The van der Waals surface area contributed by atoms with Crippen LogP contribution in [-0.4, -0.2) is 57.8 Å². The molecule has 4 rings (SSSR count). The third kappa shape index (κ3) is 4.08. The van der Waals surface area contributed by atoms with E-state index in [0.717, 1.165) is 31.6 Å². The first kappa shape index (κ1) is 20.9. The van der Waals surface area contributed by atoms with E-state index < -0.39 is 12.3 Å². The quantitative estimate of drug-likeness (QED) is 0.756. The second-order valence-corrected chi connectivity index (χ2v) is 8.51. The van der Waals surface area contributed by atoms with E-state index in [4.69, 9.17) is 0 Å². The van der Waals surface area contributed by atoms with Gasteiger partial charge in [-0.2, -0.15) is 5.10 Å².